The molecule has 4 N–H and O–H groups in total. The van der Waals surface area contributed by atoms with Gasteiger partial charge in [-0.2, -0.15) is 0 Å². The molecule has 0 saturated carbocycles. The third kappa shape index (κ3) is 2.79. The van der Waals surface area contributed by atoms with Crippen molar-refractivity contribution in [2.24, 2.45) is 0 Å². The highest BCUT2D eigenvalue weighted by atomic mass is 14.6. The second-order valence-corrected chi connectivity index (χ2v) is 5.66. The van der Waals surface area contributed by atoms with Gasteiger partial charge in [-0.05, 0) is 67.0 Å². The number of aryl methyl sites for hydroxylation is 4. The fraction of sp³-hybridized carbons (Fsp3) is 0.333. The van der Waals surface area contributed by atoms with Gasteiger partial charge < -0.3 is 11.5 Å². The molecule has 0 radical (unpaired) electrons. The Morgan fingerprint density at radius 2 is 1.20 bits per heavy atom. The summed E-state index contributed by atoms with van der Waals surface area (Å²) in [4.78, 5) is 0. The maximum atomic E-state index is 6.11. The van der Waals surface area contributed by atoms with E-state index in [0.29, 0.717) is 0 Å². The van der Waals surface area contributed by atoms with Crippen molar-refractivity contribution >= 4 is 11.4 Å². The van der Waals surface area contributed by atoms with Crippen LogP contribution in [0.15, 0.2) is 24.3 Å². The van der Waals surface area contributed by atoms with E-state index >= 15 is 0 Å². The lowest BCUT2D eigenvalue weighted by Gasteiger charge is -2.12. The van der Waals surface area contributed by atoms with Gasteiger partial charge in [0.25, 0.3) is 0 Å². The second kappa shape index (κ2) is 5.58. The minimum absolute atomic E-state index is 0.900. The molecule has 20 heavy (non-hydrogen) atoms. The molecule has 0 bridgehead atoms. The number of hydrogen-bond donors (Lipinski definition) is 2. The van der Waals surface area contributed by atoms with Gasteiger partial charge in [-0.15, -0.1) is 0 Å². The predicted molar refractivity (Wildman–Crippen MR) is 88.1 cm³/mol. The largest absolute Gasteiger partial charge is 0.398 e. The Balaban J connectivity index is 2.37. The van der Waals surface area contributed by atoms with E-state index in [1.54, 1.807) is 0 Å². The summed E-state index contributed by atoms with van der Waals surface area (Å²) >= 11 is 0. The van der Waals surface area contributed by atoms with Gasteiger partial charge in [0, 0.05) is 11.4 Å². The van der Waals surface area contributed by atoms with Crippen LogP contribution in [0.4, 0.5) is 11.4 Å². The number of anilines is 2. The fourth-order valence-corrected chi connectivity index (χ4v) is 2.75. The molecule has 0 unspecified atom stereocenters. The van der Waals surface area contributed by atoms with E-state index in [-0.39, 0.29) is 0 Å². The second-order valence-electron chi connectivity index (χ2n) is 5.66. The number of hydrogen-bond acceptors (Lipinski definition) is 2. The molecule has 2 nitrogen and oxygen atoms in total. The fourth-order valence-electron chi connectivity index (χ4n) is 2.75. The summed E-state index contributed by atoms with van der Waals surface area (Å²) in [6.07, 6.45) is 1.90. The van der Waals surface area contributed by atoms with Gasteiger partial charge in [0.2, 0.25) is 0 Å². The molecule has 2 heteroatoms. The van der Waals surface area contributed by atoms with Crippen LogP contribution in [-0.2, 0) is 12.8 Å². The molecule has 2 aromatic rings. The van der Waals surface area contributed by atoms with Crippen molar-refractivity contribution in [1.82, 2.24) is 0 Å². The van der Waals surface area contributed by atoms with Gasteiger partial charge in [0.15, 0.2) is 0 Å². The Hall–Kier alpha value is -1.96. The van der Waals surface area contributed by atoms with Crippen molar-refractivity contribution in [3.8, 4) is 0 Å². The van der Waals surface area contributed by atoms with Gasteiger partial charge in [0.05, 0.1) is 0 Å². The summed E-state index contributed by atoms with van der Waals surface area (Å²) in [5.41, 5.74) is 21.3. The summed E-state index contributed by atoms with van der Waals surface area (Å²) in [7, 11) is 0. The molecule has 0 heterocycles. The highest BCUT2D eigenvalue weighted by Gasteiger charge is 2.07. The molecule has 0 amide bonds. The zero-order valence-corrected chi connectivity index (χ0v) is 12.9. The highest BCUT2D eigenvalue weighted by molar-refractivity contribution is 5.57. The summed E-state index contributed by atoms with van der Waals surface area (Å²) in [5, 5.41) is 0. The van der Waals surface area contributed by atoms with Crippen LogP contribution in [0.25, 0.3) is 0 Å². The first-order valence-corrected chi connectivity index (χ1v) is 7.15. The monoisotopic (exact) mass is 268 g/mol. The Kier molecular flexibility index (Phi) is 4.03. The summed E-state index contributed by atoms with van der Waals surface area (Å²) in [5.74, 6) is 0. The molecular weight excluding hydrogens is 244 g/mol. The number of nitrogen functional groups attached to an aromatic ring is 2. The van der Waals surface area contributed by atoms with Crippen LogP contribution in [0.5, 0.6) is 0 Å². The number of rotatable bonds is 3. The molecule has 106 valence electrons. The SMILES string of the molecule is CCc1cc(Cc2cc(C)c(N)c(C)c2)cc(C)c1N. The predicted octanol–water partition coefficient (Wildman–Crippen LogP) is 3.93. The van der Waals surface area contributed by atoms with Gasteiger partial charge in [-0.25, -0.2) is 0 Å². The van der Waals surface area contributed by atoms with Gasteiger partial charge in [0.1, 0.15) is 0 Å². The quantitative estimate of drug-likeness (QED) is 0.829. The molecule has 0 aliphatic carbocycles. The van der Waals surface area contributed by atoms with E-state index in [0.717, 1.165) is 35.3 Å². The lowest BCUT2D eigenvalue weighted by Crippen LogP contribution is -2.01. The molecule has 0 aromatic heterocycles. The topological polar surface area (TPSA) is 52.0 Å². The van der Waals surface area contributed by atoms with Gasteiger partial charge in [-0.1, -0.05) is 31.2 Å². The molecule has 2 aromatic carbocycles. The molecule has 0 saturated heterocycles. The third-order valence-corrected chi connectivity index (χ3v) is 3.97. The van der Waals surface area contributed by atoms with Crippen molar-refractivity contribution in [1.29, 1.82) is 0 Å². The van der Waals surface area contributed by atoms with Crippen molar-refractivity contribution in [2.75, 3.05) is 11.5 Å². The average Bonchev–Trinajstić information content (AvgIpc) is 2.39. The summed E-state index contributed by atoms with van der Waals surface area (Å²) < 4.78 is 0. The lowest BCUT2D eigenvalue weighted by atomic mass is 9.95. The first kappa shape index (κ1) is 14.4. The Morgan fingerprint density at radius 3 is 1.70 bits per heavy atom. The van der Waals surface area contributed by atoms with Crippen LogP contribution < -0.4 is 11.5 Å². The van der Waals surface area contributed by atoms with Gasteiger partial charge >= 0.3 is 0 Å². The van der Waals surface area contributed by atoms with Crippen LogP contribution in [0.3, 0.4) is 0 Å². The van der Waals surface area contributed by atoms with Crippen LogP contribution >= 0.6 is 0 Å². The first-order valence-electron chi connectivity index (χ1n) is 7.15. The standard InChI is InChI=1S/C18H24N2/c1-5-16-10-15(8-13(4)18(16)20)9-14-6-11(2)17(19)12(3)7-14/h6-8,10H,5,9,19-20H2,1-4H3. The number of nitrogens with two attached hydrogens (primary N) is 2. The molecule has 0 aliphatic rings. The maximum absolute atomic E-state index is 6.11. The smallest absolute Gasteiger partial charge is 0.0376 e. The van der Waals surface area contributed by atoms with E-state index in [9.17, 15) is 0 Å². The summed E-state index contributed by atoms with van der Waals surface area (Å²) in [6, 6.07) is 8.78. The van der Waals surface area contributed by atoms with Gasteiger partial charge in [-0.3, -0.25) is 0 Å². The van der Waals surface area contributed by atoms with E-state index in [2.05, 4.69) is 52.0 Å². The lowest BCUT2D eigenvalue weighted by molar-refractivity contribution is 1.10. The molecule has 0 spiro atoms. The normalized spacial score (nSPS) is 10.8. The van der Waals surface area contributed by atoms with Crippen LogP contribution in [0.1, 0.15) is 40.3 Å². The minimum atomic E-state index is 0.900. The summed E-state index contributed by atoms with van der Waals surface area (Å²) in [6.45, 7) is 8.36. The average molecular weight is 268 g/mol. The van der Waals surface area contributed by atoms with E-state index in [1.165, 1.54) is 22.3 Å². The van der Waals surface area contributed by atoms with Crippen LogP contribution in [-0.4, -0.2) is 0 Å². The molecular formula is C18H24N2. The third-order valence-electron chi connectivity index (χ3n) is 3.97. The van der Waals surface area contributed by atoms with E-state index in [1.807, 2.05) is 0 Å². The Morgan fingerprint density at radius 1 is 0.750 bits per heavy atom. The Bertz CT molecular complexity index is 619. The maximum Gasteiger partial charge on any atom is 0.0376 e. The zero-order chi connectivity index (χ0) is 14.9. The van der Waals surface area contributed by atoms with E-state index < -0.39 is 0 Å². The van der Waals surface area contributed by atoms with Crippen LogP contribution in [0.2, 0.25) is 0 Å². The zero-order valence-electron chi connectivity index (χ0n) is 12.9. The Labute approximate surface area is 121 Å². The molecule has 2 rings (SSSR count). The first-order chi connectivity index (χ1) is 9.42. The highest BCUT2D eigenvalue weighted by Crippen LogP contribution is 2.24. The van der Waals surface area contributed by atoms with Crippen molar-refractivity contribution in [3.63, 3.8) is 0 Å². The minimum Gasteiger partial charge on any atom is -0.398 e. The van der Waals surface area contributed by atoms with Crippen LogP contribution in [0, 0.1) is 20.8 Å². The van der Waals surface area contributed by atoms with Crippen molar-refractivity contribution < 1.29 is 0 Å². The molecule has 0 atom stereocenters. The van der Waals surface area contributed by atoms with Crippen molar-refractivity contribution in [3.05, 3.63) is 57.6 Å². The van der Waals surface area contributed by atoms with Crippen molar-refractivity contribution in [2.45, 2.75) is 40.5 Å². The van der Waals surface area contributed by atoms with E-state index in [4.69, 9.17) is 11.5 Å². The number of benzene rings is 2. The molecule has 0 fully saturated rings. The molecule has 0 aliphatic heterocycles.